The van der Waals surface area contributed by atoms with Gasteiger partial charge in [-0.25, -0.2) is 17.9 Å². The van der Waals surface area contributed by atoms with Crippen LogP contribution in [0.1, 0.15) is 18.4 Å². The molecule has 0 aromatic heterocycles. The lowest BCUT2D eigenvalue weighted by atomic mass is 10.1. The van der Waals surface area contributed by atoms with E-state index in [-0.39, 0.29) is 12.1 Å². The second-order valence-corrected chi connectivity index (χ2v) is 7.68. The van der Waals surface area contributed by atoms with E-state index in [2.05, 4.69) is 10.0 Å². The van der Waals surface area contributed by atoms with Crippen molar-refractivity contribution in [3.05, 3.63) is 34.9 Å². The lowest BCUT2D eigenvalue weighted by Crippen LogP contribution is -2.51. The third kappa shape index (κ3) is 5.47. The monoisotopic (exact) mass is 345 g/mol. The number of carbonyl (C=O) groups is 1. The van der Waals surface area contributed by atoms with E-state index in [1.54, 1.807) is 17.0 Å². The summed E-state index contributed by atoms with van der Waals surface area (Å²) in [7, 11) is -3.25. The van der Waals surface area contributed by atoms with Crippen LogP contribution in [-0.2, 0) is 16.6 Å². The smallest absolute Gasteiger partial charge is 0.317 e. The summed E-state index contributed by atoms with van der Waals surface area (Å²) in [6, 6.07) is 6.85. The van der Waals surface area contributed by atoms with E-state index in [1.165, 1.54) is 0 Å². The van der Waals surface area contributed by atoms with Crippen molar-refractivity contribution < 1.29 is 13.2 Å². The van der Waals surface area contributed by atoms with Crippen LogP contribution in [0.25, 0.3) is 0 Å². The Balaban J connectivity index is 1.85. The van der Waals surface area contributed by atoms with Crippen molar-refractivity contribution in [1.29, 1.82) is 0 Å². The Hall–Kier alpha value is -1.31. The van der Waals surface area contributed by atoms with Crippen LogP contribution in [-0.4, -0.2) is 44.7 Å². The van der Waals surface area contributed by atoms with E-state index in [0.717, 1.165) is 24.7 Å². The number of likely N-dealkylation sites (tertiary alicyclic amines) is 1. The number of hydrogen-bond acceptors (Lipinski definition) is 3. The Kier molecular flexibility index (Phi) is 5.66. The molecular weight excluding hydrogens is 326 g/mol. The van der Waals surface area contributed by atoms with Crippen LogP contribution >= 0.6 is 11.6 Å². The van der Waals surface area contributed by atoms with Crippen LogP contribution in [0.4, 0.5) is 4.79 Å². The molecular formula is C14H20ClN3O3S. The van der Waals surface area contributed by atoms with Gasteiger partial charge >= 0.3 is 6.03 Å². The van der Waals surface area contributed by atoms with Crippen LogP contribution in [0.15, 0.2) is 24.3 Å². The lowest BCUT2D eigenvalue weighted by Gasteiger charge is -2.32. The van der Waals surface area contributed by atoms with Crippen LogP contribution in [0.5, 0.6) is 0 Å². The summed E-state index contributed by atoms with van der Waals surface area (Å²) < 4.78 is 25.1. The average molecular weight is 346 g/mol. The highest BCUT2D eigenvalue weighted by molar-refractivity contribution is 7.88. The molecule has 1 atom stereocenters. The van der Waals surface area contributed by atoms with Gasteiger partial charge in [0.1, 0.15) is 0 Å². The quantitative estimate of drug-likeness (QED) is 0.869. The van der Waals surface area contributed by atoms with Crippen molar-refractivity contribution in [2.24, 2.45) is 0 Å². The number of nitrogens with zero attached hydrogens (tertiary/aromatic N) is 1. The molecule has 1 heterocycles. The third-order valence-corrected chi connectivity index (χ3v) is 4.46. The largest absolute Gasteiger partial charge is 0.334 e. The predicted octanol–water partition coefficient (Wildman–Crippen LogP) is 1.56. The summed E-state index contributed by atoms with van der Waals surface area (Å²) in [4.78, 5) is 13.8. The maximum absolute atomic E-state index is 12.2. The van der Waals surface area contributed by atoms with E-state index in [4.69, 9.17) is 11.6 Å². The van der Waals surface area contributed by atoms with Gasteiger partial charge in [0.25, 0.3) is 0 Å². The van der Waals surface area contributed by atoms with Crippen molar-refractivity contribution in [3.8, 4) is 0 Å². The number of sulfonamides is 1. The standard InChI is InChI=1S/C14H20ClN3O3S/c1-22(20,21)17-13-3-2-8-18(10-13)14(19)16-9-11-4-6-12(15)7-5-11/h4-7,13,17H,2-3,8-10H2,1H3,(H,16,19)/t13-/m0/s1. The second-order valence-electron chi connectivity index (χ2n) is 5.46. The van der Waals surface area contributed by atoms with E-state index in [0.29, 0.717) is 24.7 Å². The summed E-state index contributed by atoms with van der Waals surface area (Å²) in [5.74, 6) is 0. The number of hydrogen-bond donors (Lipinski definition) is 2. The first-order valence-corrected chi connectivity index (χ1v) is 9.35. The molecule has 1 fully saturated rings. The minimum absolute atomic E-state index is 0.185. The maximum atomic E-state index is 12.2. The van der Waals surface area contributed by atoms with Crippen molar-refractivity contribution in [2.75, 3.05) is 19.3 Å². The Morgan fingerprint density at radius 1 is 1.36 bits per heavy atom. The van der Waals surface area contributed by atoms with Crippen molar-refractivity contribution in [3.63, 3.8) is 0 Å². The first kappa shape index (κ1) is 17.1. The first-order valence-electron chi connectivity index (χ1n) is 7.08. The highest BCUT2D eigenvalue weighted by atomic mass is 35.5. The van der Waals surface area contributed by atoms with Gasteiger partial charge in [0.15, 0.2) is 0 Å². The molecule has 22 heavy (non-hydrogen) atoms. The Labute approximate surface area is 135 Å². The summed E-state index contributed by atoms with van der Waals surface area (Å²) in [6.45, 7) is 1.44. The van der Waals surface area contributed by atoms with Crippen LogP contribution in [0.2, 0.25) is 5.02 Å². The zero-order chi connectivity index (χ0) is 16.2. The van der Waals surface area contributed by atoms with Gasteiger partial charge in [-0.1, -0.05) is 23.7 Å². The van der Waals surface area contributed by atoms with Gasteiger partial charge < -0.3 is 10.2 Å². The zero-order valence-corrected chi connectivity index (χ0v) is 14.0. The molecule has 0 saturated carbocycles. The number of carbonyl (C=O) groups excluding carboxylic acids is 1. The normalized spacial score (nSPS) is 19.0. The third-order valence-electron chi connectivity index (χ3n) is 3.45. The zero-order valence-electron chi connectivity index (χ0n) is 12.4. The highest BCUT2D eigenvalue weighted by Gasteiger charge is 2.25. The maximum Gasteiger partial charge on any atom is 0.317 e. The summed E-state index contributed by atoms with van der Waals surface area (Å²) in [6.07, 6.45) is 2.65. The average Bonchev–Trinajstić information content (AvgIpc) is 2.45. The number of rotatable bonds is 4. The Bertz CT molecular complexity index is 619. The molecule has 0 radical (unpaired) electrons. The molecule has 1 aliphatic heterocycles. The molecule has 0 aliphatic carbocycles. The minimum Gasteiger partial charge on any atom is -0.334 e. The Morgan fingerprint density at radius 3 is 2.68 bits per heavy atom. The lowest BCUT2D eigenvalue weighted by molar-refractivity contribution is 0.177. The van der Waals surface area contributed by atoms with Gasteiger partial charge in [-0.15, -0.1) is 0 Å². The molecule has 0 unspecified atom stereocenters. The SMILES string of the molecule is CS(=O)(=O)N[C@H]1CCCN(C(=O)NCc2ccc(Cl)cc2)C1. The fourth-order valence-electron chi connectivity index (χ4n) is 2.45. The fourth-order valence-corrected chi connectivity index (χ4v) is 3.38. The first-order chi connectivity index (χ1) is 10.3. The summed E-state index contributed by atoms with van der Waals surface area (Å²) in [5.41, 5.74) is 0.959. The van der Waals surface area contributed by atoms with Gasteiger partial charge in [-0.05, 0) is 30.5 Å². The number of urea groups is 1. The molecule has 1 aliphatic rings. The van der Waals surface area contributed by atoms with Gasteiger partial charge in [0.05, 0.1) is 6.26 Å². The molecule has 8 heteroatoms. The number of halogens is 1. The molecule has 2 rings (SSSR count). The van der Waals surface area contributed by atoms with Gasteiger partial charge in [0.2, 0.25) is 10.0 Å². The van der Waals surface area contributed by atoms with Crippen LogP contribution < -0.4 is 10.0 Å². The molecule has 0 spiro atoms. The van der Waals surface area contributed by atoms with Gasteiger partial charge in [-0.2, -0.15) is 0 Å². The number of piperidine rings is 1. The number of nitrogens with one attached hydrogen (secondary N) is 2. The molecule has 6 nitrogen and oxygen atoms in total. The van der Waals surface area contributed by atoms with Gasteiger partial charge in [0, 0.05) is 30.7 Å². The van der Waals surface area contributed by atoms with E-state index < -0.39 is 10.0 Å². The summed E-state index contributed by atoms with van der Waals surface area (Å²) in [5, 5.41) is 3.49. The highest BCUT2D eigenvalue weighted by Crippen LogP contribution is 2.12. The topological polar surface area (TPSA) is 78.5 Å². The van der Waals surface area contributed by atoms with Crippen molar-refractivity contribution >= 4 is 27.7 Å². The van der Waals surface area contributed by atoms with E-state index in [1.807, 2.05) is 12.1 Å². The minimum atomic E-state index is -3.25. The molecule has 1 aromatic rings. The van der Waals surface area contributed by atoms with Crippen LogP contribution in [0, 0.1) is 0 Å². The molecule has 1 saturated heterocycles. The molecule has 2 N–H and O–H groups in total. The van der Waals surface area contributed by atoms with E-state index >= 15 is 0 Å². The molecule has 122 valence electrons. The van der Waals surface area contributed by atoms with Crippen molar-refractivity contribution in [1.82, 2.24) is 14.9 Å². The van der Waals surface area contributed by atoms with E-state index in [9.17, 15) is 13.2 Å². The number of amides is 2. The second kappa shape index (κ2) is 7.30. The van der Waals surface area contributed by atoms with Crippen molar-refractivity contribution in [2.45, 2.75) is 25.4 Å². The molecule has 0 bridgehead atoms. The summed E-state index contributed by atoms with van der Waals surface area (Å²) >= 11 is 5.81. The predicted molar refractivity (Wildman–Crippen MR) is 86.3 cm³/mol. The van der Waals surface area contributed by atoms with Crippen LogP contribution in [0.3, 0.4) is 0 Å². The Morgan fingerprint density at radius 2 is 2.05 bits per heavy atom. The number of benzene rings is 1. The van der Waals surface area contributed by atoms with Gasteiger partial charge in [-0.3, -0.25) is 0 Å². The fraction of sp³-hybridized carbons (Fsp3) is 0.500. The molecule has 1 aromatic carbocycles. The molecule has 2 amide bonds.